The van der Waals surface area contributed by atoms with Gasteiger partial charge in [-0.2, -0.15) is 0 Å². The van der Waals surface area contributed by atoms with Gasteiger partial charge in [-0.1, -0.05) is 24.3 Å². The molecule has 0 fully saturated rings. The van der Waals surface area contributed by atoms with Crippen molar-refractivity contribution < 1.29 is 9.21 Å². The van der Waals surface area contributed by atoms with Crippen molar-refractivity contribution >= 4 is 12.0 Å². The number of aldehydes is 1. The predicted molar refractivity (Wildman–Crippen MR) is 53.6 cm³/mol. The zero-order valence-corrected chi connectivity index (χ0v) is 7.68. The first-order valence-electron chi connectivity index (χ1n) is 4.21. The molecule has 0 aliphatic carbocycles. The normalized spacial score (nSPS) is 9.53. The van der Waals surface area contributed by atoms with E-state index in [4.69, 9.17) is 11.0 Å². The summed E-state index contributed by atoms with van der Waals surface area (Å²) >= 11 is 0. The van der Waals surface area contributed by atoms with Gasteiger partial charge in [-0.3, -0.25) is 4.79 Å². The van der Waals surface area contributed by atoms with Gasteiger partial charge >= 0.3 is 0 Å². The van der Waals surface area contributed by atoms with Gasteiger partial charge in [0.15, 0.2) is 24.1 Å². The van der Waals surface area contributed by atoms with Crippen LogP contribution in [0, 0.1) is 6.57 Å². The summed E-state index contributed by atoms with van der Waals surface area (Å²) in [5.41, 5.74) is 1.81. The monoisotopic (exact) mass is 198 g/mol. The molecular formula is C11H6N2O2. The highest BCUT2D eigenvalue weighted by atomic mass is 16.3. The number of benzene rings is 1. The van der Waals surface area contributed by atoms with Gasteiger partial charge in [-0.05, 0) is 0 Å². The molecule has 15 heavy (non-hydrogen) atoms. The van der Waals surface area contributed by atoms with Gasteiger partial charge in [-0.25, -0.2) is 9.83 Å². The van der Waals surface area contributed by atoms with Crippen LogP contribution in [0.3, 0.4) is 0 Å². The molecule has 0 aliphatic rings. The van der Waals surface area contributed by atoms with Crippen LogP contribution in [0.1, 0.15) is 10.6 Å². The maximum atomic E-state index is 10.6. The van der Waals surface area contributed by atoms with E-state index in [2.05, 4.69) is 9.83 Å². The molecular weight excluding hydrogens is 192 g/mol. The number of rotatable bonds is 2. The van der Waals surface area contributed by atoms with Crippen molar-refractivity contribution in [3.8, 4) is 11.3 Å². The second-order valence-corrected chi connectivity index (χ2v) is 2.84. The highest BCUT2D eigenvalue weighted by Gasteiger charge is 2.08. The Bertz CT molecular complexity index is 520. The molecule has 0 bridgehead atoms. The molecule has 1 aromatic heterocycles. The van der Waals surface area contributed by atoms with Gasteiger partial charge in [0.2, 0.25) is 0 Å². The maximum absolute atomic E-state index is 10.6. The average molecular weight is 198 g/mol. The smallest absolute Gasteiger partial charge is 0.194 e. The van der Waals surface area contributed by atoms with E-state index in [9.17, 15) is 4.79 Å². The molecule has 72 valence electrons. The highest BCUT2D eigenvalue weighted by Crippen LogP contribution is 2.23. The molecule has 0 saturated heterocycles. The standard InChI is InChI=1S/C11H6N2O2/c1-12-9-4-2-8(3-5-9)11-10(6-14)15-7-13-11/h2-7H. The number of nitrogens with zero attached hydrogens (tertiary/aromatic N) is 2. The zero-order chi connectivity index (χ0) is 10.7. The lowest BCUT2D eigenvalue weighted by Gasteiger charge is -1.96. The second kappa shape index (κ2) is 3.76. The first-order chi connectivity index (χ1) is 7.35. The number of aromatic nitrogens is 1. The quantitative estimate of drug-likeness (QED) is 0.550. The first-order valence-corrected chi connectivity index (χ1v) is 4.21. The van der Waals surface area contributed by atoms with Gasteiger partial charge in [0.1, 0.15) is 5.69 Å². The van der Waals surface area contributed by atoms with Gasteiger partial charge in [-0.15, -0.1) is 0 Å². The number of carbonyl (C=O) groups excluding carboxylic acids is 1. The molecule has 0 N–H and O–H groups in total. The number of carbonyl (C=O) groups is 1. The minimum Gasteiger partial charge on any atom is -0.440 e. The average Bonchev–Trinajstić information content (AvgIpc) is 2.77. The Kier molecular flexibility index (Phi) is 2.30. The largest absolute Gasteiger partial charge is 0.440 e. The van der Waals surface area contributed by atoms with E-state index in [1.165, 1.54) is 6.39 Å². The van der Waals surface area contributed by atoms with Gasteiger partial charge in [0, 0.05) is 5.56 Å². The van der Waals surface area contributed by atoms with Crippen molar-refractivity contribution in [2.45, 2.75) is 0 Å². The van der Waals surface area contributed by atoms with Crippen molar-refractivity contribution in [3.05, 3.63) is 47.8 Å². The minimum absolute atomic E-state index is 0.200. The molecule has 0 spiro atoms. The molecule has 0 saturated carbocycles. The van der Waals surface area contributed by atoms with Crippen molar-refractivity contribution in [2.75, 3.05) is 0 Å². The van der Waals surface area contributed by atoms with E-state index in [1.54, 1.807) is 24.3 Å². The maximum Gasteiger partial charge on any atom is 0.194 e. The summed E-state index contributed by atoms with van der Waals surface area (Å²) in [7, 11) is 0. The van der Waals surface area contributed by atoms with Gasteiger partial charge < -0.3 is 4.42 Å². The Hall–Kier alpha value is -2.41. The number of oxazole rings is 1. The van der Waals surface area contributed by atoms with Crippen molar-refractivity contribution in [1.29, 1.82) is 0 Å². The Balaban J connectivity index is 2.46. The summed E-state index contributed by atoms with van der Waals surface area (Å²) < 4.78 is 4.89. The zero-order valence-electron chi connectivity index (χ0n) is 7.68. The molecule has 0 unspecified atom stereocenters. The van der Waals surface area contributed by atoms with Crippen LogP contribution >= 0.6 is 0 Å². The van der Waals surface area contributed by atoms with Crippen LogP contribution in [-0.4, -0.2) is 11.3 Å². The summed E-state index contributed by atoms with van der Waals surface area (Å²) in [6.45, 7) is 6.80. The van der Waals surface area contributed by atoms with Crippen LogP contribution in [0.4, 0.5) is 5.69 Å². The molecule has 0 amide bonds. The fourth-order valence-electron chi connectivity index (χ4n) is 1.25. The lowest BCUT2D eigenvalue weighted by Crippen LogP contribution is -1.82. The lowest BCUT2D eigenvalue weighted by molar-refractivity contribution is 0.110. The van der Waals surface area contributed by atoms with E-state index < -0.39 is 0 Å². The van der Waals surface area contributed by atoms with E-state index in [-0.39, 0.29) is 5.76 Å². The Morgan fingerprint density at radius 1 is 1.33 bits per heavy atom. The molecule has 0 atom stereocenters. The molecule has 1 aromatic carbocycles. The molecule has 1 heterocycles. The Morgan fingerprint density at radius 3 is 2.67 bits per heavy atom. The first kappa shape index (κ1) is 9.16. The molecule has 2 rings (SSSR count). The van der Waals surface area contributed by atoms with E-state index in [0.717, 1.165) is 5.56 Å². The van der Waals surface area contributed by atoms with Crippen molar-refractivity contribution in [1.82, 2.24) is 4.98 Å². The van der Waals surface area contributed by atoms with Crippen LogP contribution in [0.25, 0.3) is 16.1 Å². The summed E-state index contributed by atoms with van der Waals surface area (Å²) in [5.74, 6) is 0.200. The molecule has 4 nitrogen and oxygen atoms in total. The third-order valence-electron chi connectivity index (χ3n) is 1.97. The van der Waals surface area contributed by atoms with Crippen LogP contribution < -0.4 is 0 Å². The van der Waals surface area contributed by atoms with Gasteiger partial charge in [0.25, 0.3) is 0 Å². The third kappa shape index (κ3) is 1.63. The number of hydrogen-bond donors (Lipinski definition) is 0. The third-order valence-corrected chi connectivity index (χ3v) is 1.97. The molecule has 0 aliphatic heterocycles. The van der Waals surface area contributed by atoms with Crippen LogP contribution in [-0.2, 0) is 0 Å². The summed E-state index contributed by atoms with van der Waals surface area (Å²) in [5, 5.41) is 0. The molecule has 4 heteroatoms. The van der Waals surface area contributed by atoms with Crippen LogP contribution in [0.2, 0.25) is 0 Å². The topological polar surface area (TPSA) is 47.5 Å². The molecule has 0 radical (unpaired) electrons. The lowest BCUT2D eigenvalue weighted by atomic mass is 10.1. The van der Waals surface area contributed by atoms with E-state index in [0.29, 0.717) is 17.7 Å². The minimum atomic E-state index is 0.200. The predicted octanol–water partition coefficient (Wildman–Crippen LogP) is 2.70. The summed E-state index contributed by atoms with van der Waals surface area (Å²) in [6, 6.07) is 6.81. The second-order valence-electron chi connectivity index (χ2n) is 2.84. The van der Waals surface area contributed by atoms with Crippen LogP contribution in [0.15, 0.2) is 35.1 Å². The van der Waals surface area contributed by atoms with E-state index >= 15 is 0 Å². The Morgan fingerprint density at radius 2 is 2.07 bits per heavy atom. The SMILES string of the molecule is [C-]#[N+]c1ccc(-c2ncoc2C=O)cc1. The molecule has 2 aromatic rings. The van der Waals surface area contributed by atoms with Crippen molar-refractivity contribution in [3.63, 3.8) is 0 Å². The van der Waals surface area contributed by atoms with Gasteiger partial charge in [0.05, 0.1) is 6.57 Å². The Labute approximate surface area is 86.0 Å². The summed E-state index contributed by atoms with van der Waals surface area (Å²) in [6.07, 6.45) is 1.84. The summed E-state index contributed by atoms with van der Waals surface area (Å²) in [4.78, 5) is 17.8. The highest BCUT2D eigenvalue weighted by molar-refractivity contribution is 5.82. The fourth-order valence-corrected chi connectivity index (χ4v) is 1.25. The van der Waals surface area contributed by atoms with Crippen molar-refractivity contribution in [2.24, 2.45) is 0 Å². The van der Waals surface area contributed by atoms with E-state index in [1.807, 2.05) is 0 Å². The number of hydrogen-bond acceptors (Lipinski definition) is 3. The van der Waals surface area contributed by atoms with Crippen LogP contribution in [0.5, 0.6) is 0 Å². The fraction of sp³-hybridized carbons (Fsp3) is 0.